The fraction of sp³-hybridized carbons (Fsp3) is 0.364. The zero-order chi connectivity index (χ0) is 20.1. The average molecular weight is 385 g/mol. The molecule has 2 atom stereocenters. The molecule has 1 aliphatic heterocycles. The Hall–Kier alpha value is -2.73. The van der Waals surface area contributed by atoms with Gasteiger partial charge in [-0.25, -0.2) is 4.39 Å². The van der Waals surface area contributed by atoms with Crippen LogP contribution in [-0.2, 0) is 16.0 Å². The highest BCUT2D eigenvalue weighted by Gasteiger charge is 2.46. The molecule has 0 aromatic heterocycles. The number of amides is 1. The molecule has 28 heavy (non-hydrogen) atoms. The van der Waals surface area contributed by atoms with E-state index in [4.69, 9.17) is 0 Å². The first-order chi connectivity index (χ1) is 13.4. The van der Waals surface area contributed by atoms with E-state index in [9.17, 15) is 24.2 Å². The third-order valence-corrected chi connectivity index (χ3v) is 5.56. The minimum absolute atomic E-state index is 0.0917. The Morgan fingerprint density at radius 2 is 1.79 bits per heavy atom. The summed E-state index contributed by atoms with van der Waals surface area (Å²) in [5.74, 6) is -1.94. The van der Waals surface area contributed by atoms with Gasteiger partial charge in [-0.2, -0.15) is 0 Å². The number of carboxylic acids is 1. The van der Waals surface area contributed by atoms with Crippen LogP contribution in [0.3, 0.4) is 0 Å². The second-order valence-corrected chi connectivity index (χ2v) is 7.36. The van der Waals surface area contributed by atoms with Gasteiger partial charge in [0, 0.05) is 19.7 Å². The lowest BCUT2D eigenvalue weighted by Crippen LogP contribution is -2.39. The molecule has 0 aliphatic carbocycles. The first-order valence-corrected chi connectivity index (χ1v) is 9.37. The summed E-state index contributed by atoms with van der Waals surface area (Å²) in [7, 11) is 0. The SMILES string of the molecule is O=C(C(Cc1ccc(F)cc1)c1ccccc1)N1CCC(CCO)(C(=O)O)C1. The van der Waals surface area contributed by atoms with Crippen LogP contribution in [0, 0.1) is 11.2 Å². The molecule has 6 heteroatoms. The number of carboxylic acid groups (broad SMARTS) is 1. The van der Waals surface area contributed by atoms with Crippen LogP contribution >= 0.6 is 0 Å². The lowest BCUT2D eigenvalue weighted by molar-refractivity contribution is -0.149. The van der Waals surface area contributed by atoms with Gasteiger partial charge in [0.1, 0.15) is 5.82 Å². The zero-order valence-corrected chi connectivity index (χ0v) is 15.6. The largest absolute Gasteiger partial charge is 0.481 e. The van der Waals surface area contributed by atoms with Crippen molar-refractivity contribution in [1.82, 2.24) is 4.90 Å². The summed E-state index contributed by atoms with van der Waals surface area (Å²) >= 11 is 0. The van der Waals surface area contributed by atoms with Crippen molar-refractivity contribution in [2.24, 2.45) is 5.41 Å². The summed E-state index contributed by atoms with van der Waals surface area (Å²) in [4.78, 5) is 26.7. The molecule has 0 radical (unpaired) electrons. The van der Waals surface area contributed by atoms with Crippen molar-refractivity contribution in [3.8, 4) is 0 Å². The molecule has 1 fully saturated rings. The van der Waals surface area contributed by atoms with E-state index in [-0.39, 0.29) is 31.3 Å². The zero-order valence-electron chi connectivity index (χ0n) is 15.6. The van der Waals surface area contributed by atoms with E-state index in [0.29, 0.717) is 19.4 Å². The molecular formula is C22H24FNO4. The normalized spacial score (nSPS) is 20.1. The van der Waals surface area contributed by atoms with Crippen LogP contribution < -0.4 is 0 Å². The predicted molar refractivity (Wildman–Crippen MR) is 102 cm³/mol. The van der Waals surface area contributed by atoms with Crippen molar-refractivity contribution in [2.75, 3.05) is 19.7 Å². The Kier molecular flexibility index (Phi) is 6.09. The number of likely N-dealkylation sites (tertiary alicyclic amines) is 1. The van der Waals surface area contributed by atoms with Crippen molar-refractivity contribution >= 4 is 11.9 Å². The maximum atomic E-state index is 13.3. The molecule has 0 spiro atoms. The van der Waals surface area contributed by atoms with Gasteiger partial charge in [-0.3, -0.25) is 9.59 Å². The fourth-order valence-corrected chi connectivity index (χ4v) is 3.87. The molecule has 1 amide bonds. The van der Waals surface area contributed by atoms with Crippen molar-refractivity contribution in [2.45, 2.75) is 25.2 Å². The molecule has 1 heterocycles. The fourth-order valence-electron chi connectivity index (χ4n) is 3.87. The molecule has 2 aromatic rings. The number of aliphatic hydroxyl groups excluding tert-OH is 1. The lowest BCUT2D eigenvalue weighted by Gasteiger charge is -2.27. The minimum Gasteiger partial charge on any atom is -0.481 e. The molecule has 1 saturated heterocycles. The summed E-state index contributed by atoms with van der Waals surface area (Å²) in [6, 6.07) is 15.4. The van der Waals surface area contributed by atoms with E-state index in [1.54, 1.807) is 17.0 Å². The molecule has 0 saturated carbocycles. The van der Waals surface area contributed by atoms with Crippen LogP contribution in [0.5, 0.6) is 0 Å². The second-order valence-electron chi connectivity index (χ2n) is 7.36. The van der Waals surface area contributed by atoms with Crippen molar-refractivity contribution in [1.29, 1.82) is 0 Å². The highest BCUT2D eigenvalue weighted by Crippen LogP contribution is 2.36. The van der Waals surface area contributed by atoms with Gasteiger partial charge in [0.25, 0.3) is 0 Å². The number of halogens is 1. The standard InChI is InChI=1S/C22H24FNO4/c23-18-8-6-16(7-9-18)14-19(17-4-2-1-3-5-17)20(26)24-12-10-22(15-24,11-13-25)21(27)28/h1-9,19,25H,10-15H2,(H,27,28). The minimum atomic E-state index is -1.10. The monoisotopic (exact) mass is 385 g/mol. The molecule has 2 aromatic carbocycles. The van der Waals surface area contributed by atoms with Crippen LogP contribution in [0.4, 0.5) is 4.39 Å². The van der Waals surface area contributed by atoms with Crippen LogP contribution in [0.15, 0.2) is 54.6 Å². The quantitative estimate of drug-likeness (QED) is 0.768. The van der Waals surface area contributed by atoms with Gasteiger partial charge in [-0.05, 0) is 42.5 Å². The molecular weight excluding hydrogens is 361 g/mol. The van der Waals surface area contributed by atoms with E-state index in [2.05, 4.69) is 0 Å². The van der Waals surface area contributed by atoms with Crippen LogP contribution in [0.1, 0.15) is 29.9 Å². The third kappa shape index (κ3) is 4.22. The van der Waals surface area contributed by atoms with Crippen LogP contribution in [0.2, 0.25) is 0 Å². The van der Waals surface area contributed by atoms with Gasteiger partial charge < -0.3 is 15.1 Å². The van der Waals surface area contributed by atoms with Crippen molar-refractivity contribution in [3.05, 3.63) is 71.5 Å². The average Bonchev–Trinajstić information content (AvgIpc) is 3.14. The van der Waals surface area contributed by atoms with Crippen LogP contribution in [0.25, 0.3) is 0 Å². The van der Waals surface area contributed by atoms with Gasteiger partial charge >= 0.3 is 5.97 Å². The molecule has 1 aliphatic rings. The first-order valence-electron chi connectivity index (χ1n) is 9.37. The Balaban J connectivity index is 1.85. The number of carbonyl (C=O) groups excluding carboxylic acids is 1. The summed E-state index contributed by atoms with van der Waals surface area (Å²) < 4.78 is 13.2. The number of benzene rings is 2. The Morgan fingerprint density at radius 3 is 2.39 bits per heavy atom. The molecule has 5 nitrogen and oxygen atoms in total. The van der Waals surface area contributed by atoms with Gasteiger partial charge in [0.15, 0.2) is 0 Å². The summed E-state index contributed by atoms with van der Waals surface area (Å²) in [5, 5.41) is 18.9. The van der Waals surface area contributed by atoms with Crippen molar-refractivity contribution < 1.29 is 24.2 Å². The molecule has 0 bridgehead atoms. The molecule has 2 N–H and O–H groups in total. The lowest BCUT2D eigenvalue weighted by atomic mass is 9.84. The molecule has 3 rings (SSSR count). The number of aliphatic hydroxyl groups is 1. The van der Waals surface area contributed by atoms with Crippen LogP contribution in [-0.4, -0.2) is 46.7 Å². The van der Waals surface area contributed by atoms with E-state index in [1.807, 2.05) is 30.3 Å². The highest BCUT2D eigenvalue weighted by atomic mass is 19.1. The predicted octanol–water partition coefficient (Wildman–Crippen LogP) is 2.84. The Morgan fingerprint density at radius 1 is 1.11 bits per heavy atom. The first kappa shape index (κ1) is 20.0. The van der Waals surface area contributed by atoms with Gasteiger partial charge in [-0.1, -0.05) is 42.5 Å². The van der Waals surface area contributed by atoms with Gasteiger partial charge in [-0.15, -0.1) is 0 Å². The summed E-state index contributed by atoms with van der Waals surface area (Å²) in [5.41, 5.74) is 0.580. The number of nitrogens with zero attached hydrogens (tertiary/aromatic N) is 1. The highest BCUT2D eigenvalue weighted by molar-refractivity contribution is 5.86. The Labute approximate surface area is 163 Å². The molecule has 2 unspecified atom stereocenters. The molecule has 148 valence electrons. The number of rotatable bonds is 7. The topological polar surface area (TPSA) is 77.8 Å². The number of aliphatic carboxylic acids is 1. The second kappa shape index (κ2) is 8.52. The smallest absolute Gasteiger partial charge is 0.311 e. The van der Waals surface area contributed by atoms with E-state index < -0.39 is 17.3 Å². The van der Waals surface area contributed by atoms with E-state index in [1.165, 1.54) is 12.1 Å². The number of carbonyl (C=O) groups is 2. The number of hydrogen-bond donors (Lipinski definition) is 2. The summed E-state index contributed by atoms with van der Waals surface area (Å²) in [6.07, 6.45) is 0.854. The summed E-state index contributed by atoms with van der Waals surface area (Å²) in [6.45, 7) is 0.207. The number of hydrogen-bond acceptors (Lipinski definition) is 3. The van der Waals surface area contributed by atoms with Gasteiger partial charge in [0.05, 0.1) is 11.3 Å². The van der Waals surface area contributed by atoms with Crippen molar-refractivity contribution in [3.63, 3.8) is 0 Å². The van der Waals surface area contributed by atoms with E-state index >= 15 is 0 Å². The van der Waals surface area contributed by atoms with Gasteiger partial charge in [0.2, 0.25) is 5.91 Å². The maximum absolute atomic E-state index is 13.3. The maximum Gasteiger partial charge on any atom is 0.311 e. The Bertz CT molecular complexity index is 824. The third-order valence-electron chi connectivity index (χ3n) is 5.56. The van der Waals surface area contributed by atoms with E-state index in [0.717, 1.165) is 11.1 Å².